The zero-order valence-corrected chi connectivity index (χ0v) is 10.1. The minimum atomic E-state index is -0.557. The van der Waals surface area contributed by atoms with Gasteiger partial charge < -0.3 is 5.32 Å². The van der Waals surface area contributed by atoms with Crippen LogP contribution >= 0.6 is 0 Å². The molecule has 2 fully saturated rings. The molecule has 0 atom stereocenters. The van der Waals surface area contributed by atoms with E-state index in [-0.39, 0.29) is 11.9 Å². The van der Waals surface area contributed by atoms with E-state index in [2.05, 4.69) is 12.2 Å². The van der Waals surface area contributed by atoms with E-state index in [9.17, 15) is 9.59 Å². The maximum Gasteiger partial charge on any atom is 0.325 e. The van der Waals surface area contributed by atoms with Gasteiger partial charge in [-0.05, 0) is 38.5 Å². The molecule has 2 aliphatic rings. The lowest BCUT2D eigenvalue weighted by atomic mass is 9.75. The molecular weight excluding hydrogens is 204 g/mol. The number of nitrogens with zero attached hydrogens (tertiary/aromatic N) is 1. The van der Waals surface area contributed by atoms with Crippen molar-refractivity contribution in [1.82, 2.24) is 10.2 Å². The third-order valence-corrected chi connectivity index (χ3v) is 4.10. The van der Waals surface area contributed by atoms with E-state index in [4.69, 9.17) is 0 Å². The summed E-state index contributed by atoms with van der Waals surface area (Å²) in [6.45, 7) is 4.51. The number of carbonyl (C=O) groups excluding carboxylic acids is 2. The Morgan fingerprint density at radius 2 is 1.94 bits per heavy atom. The van der Waals surface area contributed by atoms with Crippen molar-refractivity contribution in [2.45, 2.75) is 51.5 Å². The molecule has 3 amide bonds. The van der Waals surface area contributed by atoms with Crippen LogP contribution in [0.5, 0.6) is 0 Å². The molecule has 0 bridgehead atoms. The normalized spacial score (nSPS) is 34.6. The molecule has 0 unspecified atom stereocenters. The first-order chi connectivity index (χ1) is 7.63. The predicted octanol–water partition coefficient (Wildman–Crippen LogP) is 1.90. The maximum absolute atomic E-state index is 12.2. The van der Waals surface area contributed by atoms with Gasteiger partial charge in [0, 0.05) is 6.54 Å². The van der Waals surface area contributed by atoms with E-state index in [1.807, 2.05) is 6.92 Å². The van der Waals surface area contributed by atoms with Gasteiger partial charge in [0.05, 0.1) is 0 Å². The second-order valence-electron chi connectivity index (χ2n) is 4.91. The first-order valence-electron chi connectivity index (χ1n) is 6.27. The van der Waals surface area contributed by atoms with Crippen LogP contribution in [0.1, 0.15) is 46.0 Å². The van der Waals surface area contributed by atoms with Gasteiger partial charge in [-0.1, -0.05) is 13.3 Å². The number of rotatable bonds is 2. The molecule has 0 aromatic carbocycles. The van der Waals surface area contributed by atoms with Gasteiger partial charge in [-0.15, -0.1) is 0 Å². The Kier molecular flexibility index (Phi) is 2.91. The summed E-state index contributed by atoms with van der Waals surface area (Å²) in [7, 11) is 0. The molecule has 0 aromatic rings. The van der Waals surface area contributed by atoms with Gasteiger partial charge in [0.1, 0.15) is 5.54 Å². The number of amides is 3. The van der Waals surface area contributed by atoms with Crippen LogP contribution in [0.25, 0.3) is 0 Å². The summed E-state index contributed by atoms with van der Waals surface area (Å²) in [4.78, 5) is 25.1. The SMILES string of the molecule is CCC1CCC2(CC1)NC(=O)N(CC)C2=O. The fourth-order valence-corrected chi connectivity index (χ4v) is 2.88. The molecule has 4 nitrogen and oxygen atoms in total. The molecule has 4 heteroatoms. The van der Waals surface area contributed by atoms with E-state index >= 15 is 0 Å². The standard InChI is InChI=1S/C12H20N2O2/c1-3-9-5-7-12(8-6-9)10(15)14(4-2)11(16)13-12/h9H,3-8H2,1-2H3,(H,13,16). The van der Waals surface area contributed by atoms with Gasteiger partial charge in [0.15, 0.2) is 0 Å². The summed E-state index contributed by atoms with van der Waals surface area (Å²) < 4.78 is 0. The molecule has 1 spiro atoms. The summed E-state index contributed by atoms with van der Waals surface area (Å²) in [6, 6.07) is -0.206. The maximum atomic E-state index is 12.2. The van der Waals surface area contributed by atoms with E-state index < -0.39 is 5.54 Å². The Morgan fingerprint density at radius 3 is 2.38 bits per heavy atom. The summed E-state index contributed by atoms with van der Waals surface area (Å²) in [6.07, 6.45) is 4.91. The molecule has 1 aliphatic heterocycles. The van der Waals surface area contributed by atoms with E-state index in [1.54, 1.807) is 0 Å². The molecule has 0 aromatic heterocycles. The molecule has 16 heavy (non-hydrogen) atoms. The monoisotopic (exact) mass is 224 g/mol. The lowest BCUT2D eigenvalue weighted by molar-refractivity contribution is -0.132. The Balaban J connectivity index is 2.11. The summed E-state index contributed by atoms with van der Waals surface area (Å²) in [5.41, 5.74) is -0.557. The number of likely N-dealkylation sites (N-methyl/N-ethyl adjacent to an activating group) is 1. The average molecular weight is 224 g/mol. The summed E-state index contributed by atoms with van der Waals surface area (Å²) in [5.74, 6) is 0.723. The van der Waals surface area contributed by atoms with Crippen LogP contribution in [0.4, 0.5) is 4.79 Å². The van der Waals surface area contributed by atoms with Crippen molar-refractivity contribution in [1.29, 1.82) is 0 Å². The smallest absolute Gasteiger partial charge is 0.323 e. The first kappa shape index (κ1) is 11.4. The minimum Gasteiger partial charge on any atom is -0.323 e. The van der Waals surface area contributed by atoms with Crippen LogP contribution in [0.3, 0.4) is 0 Å². The average Bonchev–Trinajstić information content (AvgIpc) is 2.52. The molecule has 1 saturated heterocycles. The van der Waals surface area contributed by atoms with Crippen LogP contribution < -0.4 is 5.32 Å². The fraction of sp³-hybridized carbons (Fsp3) is 0.833. The van der Waals surface area contributed by atoms with Crippen molar-refractivity contribution in [3.05, 3.63) is 0 Å². The van der Waals surface area contributed by atoms with Gasteiger partial charge in [0.2, 0.25) is 0 Å². The highest BCUT2D eigenvalue weighted by Gasteiger charge is 2.51. The highest BCUT2D eigenvalue weighted by molar-refractivity contribution is 6.07. The molecule has 1 heterocycles. The first-order valence-corrected chi connectivity index (χ1v) is 6.27. The lowest BCUT2D eigenvalue weighted by Gasteiger charge is -2.34. The van der Waals surface area contributed by atoms with E-state index in [0.29, 0.717) is 6.54 Å². The number of hydrogen-bond donors (Lipinski definition) is 1. The van der Waals surface area contributed by atoms with Crippen LogP contribution in [-0.4, -0.2) is 28.9 Å². The van der Waals surface area contributed by atoms with E-state index in [1.165, 1.54) is 11.3 Å². The van der Waals surface area contributed by atoms with Crippen molar-refractivity contribution < 1.29 is 9.59 Å². The highest BCUT2D eigenvalue weighted by Crippen LogP contribution is 2.37. The minimum absolute atomic E-state index is 0.00504. The van der Waals surface area contributed by atoms with Crippen molar-refractivity contribution in [3.8, 4) is 0 Å². The summed E-state index contributed by atoms with van der Waals surface area (Å²) >= 11 is 0. The van der Waals surface area contributed by atoms with Crippen LogP contribution in [0.2, 0.25) is 0 Å². The molecule has 1 aliphatic carbocycles. The zero-order chi connectivity index (χ0) is 11.8. The molecular formula is C12H20N2O2. The number of carbonyl (C=O) groups is 2. The summed E-state index contributed by atoms with van der Waals surface area (Å²) in [5, 5.41) is 2.90. The van der Waals surface area contributed by atoms with Crippen LogP contribution in [0.15, 0.2) is 0 Å². The van der Waals surface area contributed by atoms with Gasteiger partial charge >= 0.3 is 6.03 Å². The Hall–Kier alpha value is -1.06. The molecule has 2 rings (SSSR count). The number of imide groups is 1. The lowest BCUT2D eigenvalue weighted by Crippen LogP contribution is -2.49. The van der Waals surface area contributed by atoms with Gasteiger partial charge in [-0.3, -0.25) is 9.69 Å². The highest BCUT2D eigenvalue weighted by atomic mass is 16.2. The zero-order valence-electron chi connectivity index (χ0n) is 10.1. The van der Waals surface area contributed by atoms with Crippen LogP contribution in [-0.2, 0) is 4.79 Å². The molecule has 1 saturated carbocycles. The van der Waals surface area contributed by atoms with Crippen molar-refractivity contribution in [2.24, 2.45) is 5.92 Å². The molecule has 90 valence electrons. The Bertz CT molecular complexity index is 306. The third kappa shape index (κ3) is 1.60. The number of urea groups is 1. The van der Waals surface area contributed by atoms with Crippen LogP contribution in [0, 0.1) is 5.92 Å². The van der Waals surface area contributed by atoms with Crippen molar-refractivity contribution in [3.63, 3.8) is 0 Å². The second kappa shape index (κ2) is 4.07. The Labute approximate surface area is 96.4 Å². The van der Waals surface area contributed by atoms with Gasteiger partial charge in [0.25, 0.3) is 5.91 Å². The van der Waals surface area contributed by atoms with Gasteiger partial charge in [-0.25, -0.2) is 4.79 Å². The topological polar surface area (TPSA) is 49.4 Å². The van der Waals surface area contributed by atoms with Crippen molar-refractivity contribution in [2.75, 3.05) is 6.54 Å². The van der Waals surface area contributed by atoms with E-state index in [0.717, 1.165) is 31.6 Å². The molecule has 0 radical (unpaired) electrons. The predicted molar refractivity (Wildman–Crippen MR) is 60.9 cm³/mol. The van der Waals surface area contributed by atoms with Crippen molar-refractivity contribution >= 4 is 11.9 Å². The number of hydrogen-bond acceptors (Lipinski definition) is 2. The fourth-order valence-electron chi connectivity index (χ4n) is 2.88. The molecule has 1 N–H and O–H groups in total. The third-order valence-electron chi connectivity index (χ3n) is 4.10. The number of nitrogens with one attached hydrogen (secondary N) is 1. The largest absolute Gasteiger partial charge is 0.325 e. The quantitative estimate of drug-likeness (QED) is 0.728. The second-order valence-corrected chi connectivity index (χ2v) is 4.91. The van der Waals surface area contributed by atoms with Gasteiger partial charge in [-0.2, -0.15) is 0 Å². The Morgan fingerprint density at radius 1 is 1.31 bits per heavy atom.